The van der Waals surface area contributed by atoms with Gasteiger partial charge in [-0.2, -0.15) is 0 Å². The monoisotopic (exact) mass is 386 g/mol. The Morgan fingerprint density at radius 1 is 1.33 bits per heavy atom. The van der Waals surface area contributed by atoms with Gasteiger partial charge in [-0.1, -0.05) is 24.1 Å². The van der Waals surface area contributed by atoms with Gasteiger partial charge in [0.15, 0.2) is 6.61 Å². The number of likely N-dealkylation sites (tertiary alicyclic amines) is 1. The fourth-order valence-electron chi connectivity index (χ4n) is 4.58. The number of carbonyl (C=O) groups excluding carboxylic acids is 1. The average Bonchev–Trinajstić information content (AvgIpc) is 3.21. The minimum atomic E-state index is 0.0289. The molecule has 2 heterocycles. The Balaban J connectivity index is 1.30. The van der Waals surface area contributed by atoms with Crippen molar-refractivity contribution in [1.29, 1.82) is 0 Å². The van der Waals surface area contributed by atoms with Crippen LogP contribution in [-0.2, 0) is 4.79 Å². The third-order valence-electron chi connectivity index (χ3n) is 6.36. The Hall–Kier alpha value is -2.08. The largest absolute Gasteiger partial charge is 0.484 e. The summed E-state index contributed by atoms with van der Waals surface area (Å²) >= 11 is 5.98. The Kier molecular flexibility index (Phi) is 4.11. The number of hydrogen-bond donors (Lipinski definition) is 0. The first kappa shape index (κ1) is 17.0. The van der Waals surface area contributed by atoms with Crippen LogP contribution in [0.1, 0.15) is 49.9 Å². The van der Waals surface area contributed by atoms with Crippen LogP contribution in [-0.4, -0.2) is 45.3 Å². The molecule has 1 aliphatic heterocycles. The summed E-state index contributed by atoms with van der Waals surface area (Å²) in [6.07, 6.45) is 7.84. The molecule has 1 atom stereocenters. The van der Waals surface area contributed by atoms with Crippen molar-refractivity contribution >= 4 is 17.5 Å². The maximum absolute atomic E-state index is 12.8. The van der Waals surface area contributed by atoms with Gasteiger partial charge in [0.1, 0.15) is 17.9 Å². The van der Waals surface area contributed by atoms with Crippen LogP contribution in [0.25, 0.3) is 0 Å². The molecule has 1 aromatic carbocycles. The molecule has 3 fully saturated rings. The van der Waals surface area contributed by atoms with E-state index < -0.39 is 0 Å². The van der Waals surface area contributed by atoms with Gasteiger partial charge >= 0.3 is 0 Å². The minimum absolute atomic E-state index is 0.0289. The Morgan fingerprint density at radius 2 is 2.19 bits per heavy atom. The van der Waals surface area contributed by atoms with Crippen LogP contribution in [0.3, 0.4) is 0 Å². The maximum Gasteiger partial charge on any atom is 0.260 e. The van der Waals surface area contributed by atoms with Gasteiger partial charge in [0, 0.05) is 30.1 Å². The second-order valence-corrected chi connectivity index (χ2v) is 8.55. The second kappa shape index (κ2) is 6.51. The third kappa shape index (κ3) is 3.10. The van der Waals surface area contributed by atoms with Crippen molar-refractivity contribution in [3.05, 3.63) is 41.4 Å². The predicted molar refractivity (Wildman–Crippen MR) is 101 cm³/mol. The van der Waals surface area contributed by atoms with E-state index in [0.29, 0.717) is 23.4 Å². The highest BCUT2D eigenvalue weighted by atomic mass is 35.5. The molecule has 142 valence electrons. The standard InChI is InChI=1S/C20H23ClN4O2/c21-14-3-1-4-16(9-14)27-11-18(26)24-10-17(20(12-24)7-2-8-20)19-23-22-13-25(19)15-5-6-15/h1,3-4,9,13,15,17H,2,5-8,10-12H2. The number of amides is 1. The molecule has 27 heavy (non-hydrogen) atoms. The van der Waals surface area contributed by atoms with Gasteiger partial charge in [-0.05, 0) is 49.3 Å². The lowest BCUT2D eigenvalue weighted by atomic mass is 9.62. The molecule has 2 aromatic rings. The van der Waals surface area contributed by atoms with Gasteiger partial charge in [-0.25, -0.2) is 0 Å². The van der Waals surface area contributed by atoms with Crippen molar-refractivity contribution in [3.8, 4) is 5.75 Å². The third-order valence-corrected chi connectivity index (χ3v) is 6.60. The first-order chi connectivity index (χ1) is 13.1. The zero-order valence-corrected chi connectivity index (χ0v) is 15.9. The predicted octanol–water partition coefficient (Wildman–Crippen LogP) is 3.44. The second-order valence-electron chi connectivity index (χ2n) is 8.12. The molecule has 7 heteroatoms. The molecule has 1 saturated heterocycles. The maximum atomic E-state index is 12.8. The number of carbonyl (C=O) groups is 1. The lowest BCUT2D eigenvalue weighted by Crippen LogP contribution is -2.39. The first-order valence-corrected chi connectivity index (χ1v) is 10.1. The molecular weight excluding hydrogens is 364 g/mol. The van der Waals surface area contributed by atoms with Crippen molar-refractivity contribution in [2.24, 2.45) is 5.41 Å². The van der Waals surface area contributed by atoms with E-state index in [1.807, 2.05) is 23.4 Å². The first-order valence-electron chi connectivity index (χ1n) is 9.70. The summed E-state index contributed by atoms with van der Waals surface area (Å²) in [4.78, 5) is 14.8. The molecule has 6 nitrogen and oxygen atoms in total. The van der Waals surface area contributed by atoms with Gasteiger partial charge in [0.25, 0.3) is 5.91 Å². The molecular formula is C20H23ClN4O2. The number of aromatic nitrogens is 3. The van der Waals surface area contributed by atoms with Gasteiger partial charge in [-0.3, -0.25) is 4.79 Å². The van der Waals surface area contributed by atoms with Crippen LogP contribution in [0, 0.1) is 5.41 Å². The van der Waals surface area contributed by atoms with Crippen molar-refractivity contribution < 1.29 is 9.53 Å². The highest BCUT2D eigenvalue weighted by Gasteiger charge is 2.54. The van der Waals surface area contributed by atoms with E-state index >= 15 is 0 Å². The van der Waals surface area contributed by atoms with E-state index in [1.165, 1.54) is 19.3 Å². The van der Waals surface area contributed by atoms with E-state index in [2.05, 4.69) is 14.8 Å². The summed E-state index contributed by atoms with van der Waals surface area (Å²) < 4.78 is 7.92. The summed E-state index contributed by atoms with van der Waals surface area (Å²) in [6.45, 7) is 1.55. The summed E-state index contributed by atoms with van der Waals surface area (Å²) in [7, 11) is 0. The summed E-state index contributed by atoms with van der Waals surface area (Å²) in [5.74, 6) is 2.01. The average molecular weight is 387 g/mol. The molecule has 0 N–H and O–H groups in total. The quantitative estimate of drug-likeness (QED) is 0.789. The van der Waals surface area contributed by atoms with Gasteiger partial charge in [-0.15, -0.1) is 10.2 Å². The fourth-order valence-corrected chi connectivity index (χ4v) is 4.76. The number of nitrogens with zero attached hydrogens (tertiary/aromatic N) is 4. The van der Waals surface area contributed by atoms with Crippen molar-refractivity contribution in [3.63, 3.8) is 0 Å². The normalized spacial score (nSPS) is 23.4. The number of rotatable bonds is 5. The van der Waals surface area contributed by atoms with E-state index in [9.17, 15) is 4.79 Å². The number of hydrogen-bond acceptors (Lipinski definition) is 4. The smallest absolute Gasteiger partial charge is 0.260 e. The number of ether oxygens (including phenoxy) is 1. The van der Waals surface area contributed by atoms with E-state index in [0.717, 1.165) is 25.2 Å². The van der Waals surface area contributed by atoms with Gasteiger partial charge in [0.2, 0.25) is 0 Å². The van der Waals surface area contributed by atoms with Crippen LogP contribution < -0.4 is 4.74 Å². The van der Waals surface area contributed by atoms with E-state index in [-0.39, 0.29) is 23.8 Å². The molecule has 3 aliphatic rings. The molecule has 1 spiro atoms. The van der Waals surface area contributed by atoms with Crippen molar-refractivity contribution in [1.82, 2.24) is 19.7 Å². The zero-order valence-electron chi connectivity index (χ0n) is 15.2. The summed E-state index contributed by atoms with van der Waals surface area (Å²) in [6, 6.07) is 7.72. The fraction of sp³-hybridized carbons (Fsp3) is 0.550. The van der Waals surface area contributed by atoms with Crippen molar-refractivity contribution in [2.45, 2.75) is 44.1 Å². The number of benzene rings is 1. The SMILES string of the molecule is O=C(COc1cccc(Cl)c1)N1CC(c2nncn2C2CC2)C2(CCC2)C1. The Bertz CT molecular complexity index is 859. The molecule has 0 radical (unpaired) electrons. The lowest BCUT2D eigenvalue weighted by molar-refractivity contribution is -0.133. The molecule has 1 aromatic heterocycles. The highest BCUT2D eigenvalue weighted by molar-refractivity contribution is 6.30. The summed E-state index contributed by atoms with van der Waals surface area (Å²) in [5.41, 5.74) is 0.172. The highest BCUT2D eigenvalue weighted by Crippen LogP contribution is 2.56. The Morgan fingerprint density at radius 3 is 2.89 bits per heavy atom. The van der Waals surface area contributed by atoms with Crippen LogP contribution >= 0.6 is 11.6 Å². The van der Waals surface area contributed by atoms with Crippen LogP contribution in [0.5, 0.6) is 5.75 Å². The molecule has 2 aliphatic carbocycles. The van der Waals surface area contributed by atoms with E-state index in [1.54, 1.807) is 12.1 Å². The Labute approximate surface area is 163 Å². The van der Waals surface area contributed by atoms with Crippen LogP contribution in [0.4, 0.5) is 0 Å². The topological polar surface area (TPSA) is 60.2 Å². The minimum Gasteiger partial charge on any atom is -0.484 e. The van der Waals surface area contributed by atoms with Crippen molar-refractivity contribution in [2.75, 3.05) is 19.7 Å². The molecule has 1 amide bonds. The number of halogens is 1. The zero-order chi connectivity index (χ0) is 18.4. The molecule has 2 saturated carbocycles. The molecule has 0 bridgehead atoms. The van der Waals surface area contributed by atoms with Crippen LogP contribution in [0.15, 0.2) is 30.6 Å². The lowest BCUT2D eigenvalue weighted by Gasteiger charge is -2.42. The molecule has 5 rings (SSSR count). The van der Waals surface area contributed by atoms with E-state index in [4.69, 9.17) is 16.3 Å². The van der Waals surface area contributed by atoms with Gasteiger partial charge < -0.3 is 14.2 Å². The van der Waals surface area contributed by atoms with Crippen LogP contribution in [0.2, 0.25) is 5.02 Å². The van der Waals surface area contributed by atoms with Gasteiger partial charge in [0.05, 0.1) is 0 Å². The molecule has 1 unspecified atom stereocenters. The summed E-state index contributed by atoms with van der Waals surface area (Å²) in [5, 5.41) is 9.25.